The summed E-state index contributed by atoms with van der Waals surface area (Å²) in [5.41, 5.74) is -0.446. The van der Waals surface area contributed by atoms with Crippen LogP contribution < -0.4 is 9.46 Å². The number of fused-ring (bicyclic) bond motifs is 3. The molecule has 42 heavy (non-hydrogen) atoms. The minimum atomic E-state index is -4.53. The summed E-state index contributed by atoms with van der Waals surface area (Å²) in [6, 6.07) is 12.4. The molecule has 1 N–H and O–H groups in total. The fourth-order valence-corrected chi connectivity index (χ4v) is 7.62. The van der Waals surface area contributed by atoms with Gasteiger partial charge in [0.2, 0.25) is 15.9 Å². The minimum Gasteiger partial charge on any atom is -0.491 e. The summed E-state index contributed by atoms with van der Waals surface area (Å²) in [6.07, 6.45) is 2.70. The van der Waals surface area contributed by atoms with Gasteiger partial charge < -0.3 is 14.5 Å². The second kappa shape index (κ2) is 11.8. The predicted molar refractivity (Wildman–Crippen MR) is 162 cm³/mol. The molecule has 0 saturated carbocycles. The number of halogens is 3. The van der Waals surface area contributed by atoms with Crippen LogP contribution in [-0.4, -0.2) is 68.5 Å². The third kappa shape index (κ3) is 6.20. The van der Waals surface area contributed by atoms with Crippen LogP contribution in [0.3, 0.4) is 0 Å². The van der Waals surface area contributed by atoms with Crippen LogP contribution >= 0.6 is 15.9 Å². The highest BCUT2D eigenvalue weighted by Gasteiger charge is 2.54. The highest BCUT2D eigenvalue weighted by Crippen LogP contribution is 2.41. The Morgan fingerprint density at radius 1 is 1.00 bits per heavy atom. The monoisotopic (exact) mass is 663 g/mol. The molecule has 3 aromatic carbocycles. The van der Waals surface area contributed by atoms with Gasteiger partial charge in [-0.1, -0.05) is 40.2 Å². The quantitative estimate of drug-likeness (QED) is 0.308. The van der Waals surface area contributed by atoms with Crippen LogP contribution in [0.1, 0.15) is 45.1 Å². The zero-order valence-electron chi connectivity index (χ0n) is 24.1. The Hall–Kier alpha value is -2.60. The molecular formula is C31H36BrF2N3O4S. The molecule has 0 aliphatic carbocycles. The van der Waals surface area contributed by atoms with Crippen molar-refractivity contribution in [2.24, 2.45) is 0 Å². The van der Waals surface area contributed by atoms with Crippen LogP contribution in [0.4, 0.5) is 8.78 Å². The Balaban J connectivity index is 1.50. The van der Waals surface area contributed by atoms with Gasteiger partial charge in [-0.05, 0) is 101 Å². The zero-order valence-corrected chi connectivity index (χ0v) is 26.5. The number of nitrogens with zero attached hydrogens (tertiary/aromatic N) is 2. The van der Waals surface area contributed by atoms with Crippen molar-refractivity contribution in [3.05, 3.63) is 70.7 Å². The Morgan fingerprint density at radius 2 is 1.60 bits per heavy atom. The maximum Gasteiger partial charge on any atom is 0.298 e. The van der Waals surface area contributed by atoms with Gasteiger partial charge in [0.05, 0.1) is 11.0 Å². The smallest absolute Gasteiger partial charge is 0.298 e. The molecule has 1 amide bonds. The number of carbonyl (C=O) groups excluding carboxylic acids is 1. The molecule has 2 aliphatic rings. The van der Waals surface area contributed by atoms with E-state index in [1.54, 1.807) is 24.3 Å². The lowest BCUT2D eigenvalue weighted by Gasteiger charge is -2.43. The normalized spacial score (nSPS) is 21.7. The summed E-state index contributed by atoms with van der Waals surface area (Å²) in [5.74, 6) is -4.08. The molecule has 3 atom stereocenters. The number of amides is 1. The van der Waals surface area contributed by atoms with E-state index in [9.17, 15) is 13.2 Å². The second-order valence-electron chi connectivity index (χ2n) is 11.7. The first kappa shape index (κ1) is 30.8. The lowest BCUT2D eigenvalue weighted by Crippen LogP contribution is -2.61. The van der Waals surface area contributed by atoms with Crippen molar-refractivity contribution < 1.29 is 26.7 Å². The molecular weight excluding hydrogens is 628 g/mol. The molecule has 2 fully saturated rings. The number of carbonyl (C=O) groups is 1. The Bertz CT molecular complexity index is 1550. The first-order chi connectivity index (χ1) is 19.8. The van der Waals surface area contributed by atoms with Crippen molar-refractivity contribution in [3.8, 4) is 5.75 Å². The van der Waals surface area contributed by atoms with E-state index in [4.69, 9.17) is 4.74 Å². The van der Waals surface area contributed by atoms with E-state index in [0.29, 0.717) is 41.3 Å². The van der Waals surface area contributed by atoms with Crippen LogP contribution in [0.5, 0.6) is 5.75 Å². The van der Waals surface area contributed by atoms with Crippen molar-refractivity contribution in [3.63, 3.8) is 0 Å². The number of benzene rings is 3. The molecule has 226 valence electrons. The largest absolute Gasteiger partial charge is 0.491 e. The van der Waals surface area contributed by atoms with Gasteiger partial charge in [-0.25, -0.2) is 8.42 Å². The predicted octanol–water partition coefficient (Wildman–Crippen LogP) is 5.91. The standard InChI is InChI=1S/C31H36BrF2N3O4S/c1-19(2)41-27-13-5-21-16-28(14-6-20(21)15-27)42(39,40)35-29(31(33,34)22-7-9-23(32)10-8-22)30(38)37-24-11-12-25(37)18-26(17-24)36(3)4/h5-10,13-16,19,24-26,29,35H,11-12,17-18H2,1-4H3. The van der Waals surface area contributed by atoms with Crippen molar-refractivity contribution in [2.75, 3.05) is 14.1 Å². The number of nitrogens with one attached hydrogen (secondary N) is 1. The van der Waals surface area contributed by atoms with Crippen LogP contribution in [-0.2, 0) is 20.7 Å². The molecule has 2 aliphatic heterocycles. The van der Waals surface area contributed by atoms with Crippen LogP contribution in [0, 0.1) is 0 Å². The Labute approximate surface area is 254 Å². The first-order valence-electron chi connectivity index (χ1n) is 14.1. The van der Waals surface area contributed by atoms with Gasteiger partial charge in [0.1, 0.15) is 5.75 Å². The maximum absolute atomic E-state index is 16.3. The number of rotatable bonds is 9. The van der Waals surface area contributed by atoms with Crippen LogP contribution in [0.2, 0.25) is 0 Å². The molecule has 7 nitrogen and oxygen atoms in total. The van der Waals surface area contributed by atoms with Crippen molar-refractivity contribution in [1.29, 1.82) is 0 Å². The fourth-order valence-electron chi connectivity index (χ4n) is 6.13. The topological polar surface area (TPSA) is 78.9 Å². The number of piperidine rings is 1. The number of hydrogen-bond donors (Lipinski definition) is 1. The van der Waals surface area contributed by atoms with Crippen LogP contribution in [0.15, 0.2) is 70.0 Å². The maximum atomic E-state index is 16.3. The average molecular weight is 665 g/mol. The third-order valence-corrected chi connectivity index (χ3v) is 10.2. The van der Waals surface area contributed by atoms with Crippen molar-refractivity contribution in [1.82, 2.24) is 14.5 Å². The summed E-state index contributed by atoms with van der Waals surface area (Å²) in [7, 11) is -0.580. The van der Waals surface area contributed by atoms with E-state index in [1.807, 2.05) is 27.9 Å². The first-order valence-corrected chi connectivity index (χ1v) is 16.4. The van der Waals surface area contributed by atoms with Crippen LogP contribution in [0.25, 0.3) is 10.8 Å². The molecule has 2 bridgehead atoms. The molecule has 2 heterocycles. The van der Waals surface area contributed by atoms with Gasteiger partial charge in [0.15, 0.2) is 6.04 Å². The molecule has 3 aromatic rings. The molecule has 3 unspecified atom stereocenters. The van der Waals surface area contributed by atoms with Crippen molar-refractivity contribution >= 4 is 42.6 Å². The molecule has 11 heteroatoms. The fraction of sp³-hybridized carbons (Fsp3) is 0.452. The Morgan fingerprint density at radius 3 is 2.19 bits per heavy atom. The third-order valence-electron chi connectivity index (χ3n) is 8.27. The zero-order chi connectivity index (χ0) is 30.4. The number of hydrogen-bond acceptors (Lipinski definition) is 5. The summed E-state index contributed by atoms with van der Waals surface area (Å²) in [5, 5.41) is 1.33. The summed E-state index contributed by atoms with van der Waals surface area (Å²) in [4.78, 5) is 17.5. The van der Waals surface area contributed by atoms with Gasteiger partial charge >= 0.3 is 0 Å². The van der Waals surface area contributed by atoms with Crippen molar-refractivity contribution in [2.45, 2.75) is 80.6 Å². The highest BCUT2D eigenvalue weighted by molar-refractivity contribution is 9.10. The van der Waals surface area contributed by atoms with E-state index < -0.39 is 33.5 Å². The van der Waals surface area contributed by atoms with E-state index in [-0.39, 0.29) is 29.1 Å². The van der Waals surface area contributed by atoms with Gasteiger partial charge in [-0.15, -0.1) is 0 Å². The second-order valence-corrected chi connectivity index (χ2v) is 14.4. The summed E-state index contributed by atoms with van der Waals surface area (Å²) in [6.45, 7) is 3.81. The van der Waals surface area contributed by atoms with E-state index in [0.717, 1.165) is 5.39 Å². The molecule has 0 spiro atoms. The SMILES string of the molecule is CC(C)Oc1ccc2cc(S(=O)(=O)NC(C(=O)N3C4CCC3CC(N(C)C)C4)C(F)(F)c3ccc(Br)cc3)ccc2c1. The molecule has 0 radical (unpaired) electrons. The number of alkyl halides is 2. The summed E-state index contributed by atoms with van der Waals surface area (Å²) >= 11 is 3.25. The lowest BCUT2D eigenvalue weighted by molar-refractivity contribution is -0.149. The minimum absolute atomic E-state index is 0.0305. The summed E-state index contributed by atoms with van der Waals surface area (Å²) < 4.78 is 68.4. The molecule has 2 saturated heterocycles. The van der Waals surface area contributed by atoms with E-state index >= 15 is 8.78 Å². The lowest BCUT2D eigenvalue weighted by atomic mass is 9.93. The van der Waals surface area contributed by atoms with Gasteiger partial charge in [-0.3, -0.25) is 4.79 Å². The van der Waals surface area contributed by atoms with Gasteiger partial charge in [0.25, 0.3) is 5.92 Å². The number of ether oxygens (including phenoxy) is 1. The number of sulfonamides is 1. The molecule has 0 aromatic heterocycles. The molecule has 5 rings (SSSR count). The highest BCUT2D eigenvalue weighted by atomic mass is 79.9. The van der Waals surface area contributed by atoms with Gasteiger partial charge in [0, 0.05) is 28.2 Å². The average Bonchev–Trinajstić information content (AvgIpc) is 3.19. The van der Waals surface area contributed by atoms with E-state index in [1.165, 1.54) is 41.3 Å². The Kier molecular flexibility index (Phi) is 8.68. The van der Waals surface area contributed by atoms with E-state index in [2.05, 4.69) is 25.6 Å². The van der Waals surface area contributed by atoms with Gasteiger partial charge in [-0.2, -0.15) is 13.5 Å².